The van der Waals surface area contributed by atoms with Crippen LogP contribution in [0.4, 0.5) is 0 Å². The fourth-order valence-corrected chi connectivity index (χ4v) is 2.61. The van der Waals surface area contributed by atoms with Crippen molar-refractivity contribution in [3.05, 3.63) is 31.6 Å². The van der Waals surface area contributed by atoms with Gasteiger partial charge in [0.25, 0.3) is 5.56 Å². The molecule has 1 atom stereocenters. The highest BCUT2D eigenvalue weighted by Gasteiger charge is 2.19. The van der Waals surface area contributed by atoms with Crippen LogP contribution in [0.3, 0.4) is 0 Å². The number of nitrogens with one attached hydrogen (secondary N) is 1. The van der Waals surface area contributed by atoms with Crippen LogP contribution in [0, 0.1) is 5.92 Å². The van der Waals surface area contributed by atoms with Crippen LogP contribution >= 0.6 is 11.6 Å². The van der Waals surface area contributed by atoms with Crippen molar-refractivity contribution >= 4 is 11.6 Å². The third kappa shape index (κ3) is 3.05. The minimum atomic E-state index is -0.428. The summed E-state index contributed by atoms with van der Waals surface area (Å²) in [7, 11) is 0. The maximum absolute atomic E-state index is 12.3. The maximum atomic E-state index is 12.3. The van der Waals surface area contributed by atoms with E-state index in [1.54, 1.807) is 0 Å². The summed E-state index contributed by atoms with van der Waals surface area (Å²) >= 11 is 5.94. The van der Waals surface area contributed by atoms with Gasteiger partial charge in [-0.2, -0.15) is 0 Å². The molecule has 1 unspecified atom stereocenters. The van der Waals surface area contributed by atoms with Crippen molar-refractivity contribution in [1.82, 2.24) is 9.55 Å². The molecular weight excluding hydrogens is 252 g/mol. The van der Waals surface area contributed by atoms with E-state index in [0.717, 1.165) is 6.42 Å². The van der Waals surface area contributed by atoms with Gasteiger partial charge in [-0.3, -0.25) is 14.3 Å². The van der Waals surface area contributed by atoms with Gasteiger partial charge in [0.05, 0.1) is 5.56 Å². The summed E-state index contributed by atoms with van der Waals surface area (Å²) in [5.74, 6) is 0.406. The molecule has 0 bridgehead atoms. The molecule has 0 amide bonds. The van der Waals surface area contributed by atoms with Crippen molar-refractivity contribution in [3.8, 4) is 0 Å². The highest BCUT2D eigenvalue weighted by Crippen LogP contribution is 2.19. The lowest BCUT2D eigenvalue weighted by atomic mass is 10.0. The summed E-state index contributed by atoms with van der Waals surface area (Å²) in [5, 5.41) is 0.160. The molecule has 1 heterocycles. The van der Waals surface area contributed by atoms with Gasteiger partial charge in [-0.25, -0.2) is 4.79 Å². The standard InChI is InChI=1S/C13H21ClN2O2/c1-7(2)6-9(5)16-12(17)10(8(3)4)11(14)15-13(16)18/h7-9H,6H2,1-5H3,(H,15,18). The van der Waals surface area contributed by atoms with Crippen molar-refractivity contribution < 1.29 is 0 Å². The molecule has 1 aromatic heterocycles. The molecule has 18 heavy (non-hydrogen) atoms. The molecule has 5 heteroatoms. The molecule has 4 nitrogen and oxygen atoms in total. The predicted molar refractivity (Wildman–Crippen MR) is 74.6 cm³/mol. The number of hydrogen-bond acceptors (Lipinski definition) is 2. The van der Waals surface area contributed by atoms with E-state index in [0.29, 0.717) is 11.5 Å². The number of H-pyrrole nitrogens is 1. The number of aromatic nitrogens is 2. The predicted octanol–water partition coefficient (Wildman–Crippen LogP) is 2.92. The third-order valence-corrected chi connectivity index (χ3v) is 3.25. The molecule has 0 aromatic carbocycles. The van der Waals surface area contributed by atoms with E-state index < -0.39 is 5.69 Å². The number of hydrogen-bond donors (Lipinski definition) is 1. The van der Waals surface area contributed by atoms with Crippen molar-refractivity contribution in [2.75, 3.05) is 0 Å². The SMILES string of the molecule is CC(C)CC(C)n1c(=O)[nH]c(Cl)c(C(C)C)c1=O. The summed E-state index contributed by atoms with van der Waals surface area (Å²) < 4.78 is 1.28. The van der Waals surface area contributed by atoms with Gasteiger partial charge in [-0.05, 0) is 25.2 Å². The lowest BCUT2D eigenvalue weighted by Crippen LogP contribution is -2.40. The van der Waals surface area contributed by atoms with Gasteiger partial charge in [-0.1, -0.05) is 39.3 Å². The molecule has 0 aliphatic rings. The van der Waals surface area contributed by atoms with Gasteiger partial charge in [0.15, 0.2) is 0 Å². The fourth-order valence-electron chi connectivity index (χ4n) is 2.23. The number of nitrogens with zero attached hydrogens (tertiary/aromatic N) is 1. The Bertz CT molecular complexity index is 529. The molecule has 0 saturated heterocycles. The molecular formula is C13H21ClN2O2. The Morgan fingerprint density at radius 2 is 1.72 bits per heavy atom. The van der Waals surface area contributed by atoms with Crippen LogP contribution in [0.5, 0.6) is 0 Å². The van der Waals surface area contributed by atoms with Gasteiger partial charge in [0, 0.05) is 6.04 Å². The van der Waals surface area contributed by atoms with Crippen LogP contribution in [-0.2, 0) is 0 Å². The smallest absolute Gasteiger partial charge is 0.297 e. The first-order chi connectivity index (χ1) is 8.25. The topological polar surface area (TPSA) is 54.9 Å². The summed E-state index contributed by atoms with van der Waals surface area (Å²) in [6, 6.07) is -0.129. The van der Waals surface area contributed by atoms with E-state index in [2.05, 4.69) is 18.8 Å². The largest absolute Gasteiger partial charge is 0.329 e. The normalized spacial score (nSPS) is 13.3. The van der Waals surface area contributed by atoms with Crippen LogP contribution in [0.1, 0.15) is 58.6 Å². The zero-order valence-electron chi connectivity index (χ0n) is 11.6. The minimum Gasteiger partial charge on any atom is -0.297 e. The Kier molecular flexibility index (Phi) is 4.79. The van der Waals surface area contributed by atoms with E-state index in [1.165, 1.54) is 4.57 Å². The second-order valence-electron chi connectivity index (χ2n) is 5.47. The van der Waals surface area contributed by atoms with Crippen LogP contribution in [-0.4, -0.2) is 9.55 Å². The van der Waals surface area contributed by atoms with E-state index in [1.807, 2.05) is 20.8 Å². The van der Waals surface area contributed by atoms with E-state index >= 15 is 0 Å². The molecule has 1 rings (SSSR count). The first kappa shape index (κ1) is 15.0. The van der Waals surface area contributed by atoms with E-state index in [-0.39, 0.29) is 22.7 Å². The molecule has 0 aliphatic heterocycles. The lowest BCUT2D eigenvalue weighted by molar-refractivity contribution is 0.403. The summed E-state index contributed by atoms with van der Waals surface area (Å²) in [6.07, 6.45) is 0.780. The lowest BCUT2D eigenvalue weighted by Gasteiger charge is -2.18. The van der Waals surface area contributed by atoms with Crippen LogP contribution in [0.25, 0.3) is 0 Å². The van der Waals surface area contributed by atoms with Gasteiger partial charge >= 0.3 is 5.69 Å². The Morgan fingerprint density at radius 1 is 1.17 bits per heavy atom. The summed E-state index contributed by atoms with van der Waals surface area (Å²) in [6.45, 7) is 9.79. The molecule has 0 spiro atoms. The van der Waals surface area contributed by atoms with Crippen molar-refractivity contribution in [3.63, 3.8) is 0 Å². The molecule has 1 N–H and O–H groups in total. The number of halogens is 1. The third-order valence-electron chi connectivity index (χ3n) is 2.95. The molecule has 0 radical (unpaired) electrons. The summed E-state index contributed by atoms with van der Waals surface area (Å²) in [5.41, 5.74) is -0.221. The number of rotatable bonds is 4. The molecule has 0 saturated carbocycles. The quantitative estimate of drug-likeness (QED) is 0.857. The van der Waals surface area contributed by atoms with Crippen molar-refractivity contribution in [2.24, 2.45) is 5.92 Å². The minimum absolute atomic E-state index is 0.0145. The fraction of sp³-hybridized carbons (Fsp3) is 0.692. The zero-order chi connectivity index (χ0) is 14.0. The summed E-state index contributed by atoms with van der Waals surface area (Å²) in [4.78, 5) is 26.8. The van der Waals surface area contributed by atoms with Crippen LogP contribution < -0.4 is 11.2 Å². The van der Waals surface area contributed by atoms with Crippen LogP contribution in [0.15, 0.2) is 9.59 Å². The average molecular weight is 273 g/mol. The molecule has 102 valence electrons. The highest BCUT2D eigenvalue weighted by atomic mass is 35.5. The van der Waals surface area contributed by atoms with Crippen LogP contribution in [0.2, 0.25) is 5.15 Å². The highest BCUT2D eigenvalue weighted by molar-refractivity contribution is 6.30. The molecule has 1 aromatic rings. The van der Waals surface area contributed by atoms with Gasteiger partial charge in [-0.15, -0.1) is 0 Å². The average Bonchev–Trinajstić information content (AvgIpc) is 2.13. The van der Waals surface area contributed by atoms with E-state index in [9.17, 15) is 9.59 Å². The maximum Gasteiger partial charge on any atom is 0.329 e. The Morgan fingerprint density at radius 3 is 2.17 bits per heavy atom. The Labute approximate surface area is 112 Å². The molecule has 0 fully saturated rings. The van der Waals surface area contributed by atoms with E-state index in [4.69, 9.17) is 11.6 Å². The van der Waals surface area contributed by atoms with Gasteiger partial charge in [0.1, 0.15) is 5.15 Å². The Balaban J connectivity index is 3.41. The number of aromatic amines is 1. The molecule has 0 aliphatic carbocycles. The first-order valence-corrected chi connectivity index (χ1v) is 6.67. The first-order valence-electron chi connectivity index (χ1n) is 6.29. The van der Waals surface area contributed by atoms with Crippen molar-refractivity contribution in [1.29, 1.82) is 0 Å². The second-order valence-corrected chi connectivity index (χ2v) is 5.84. The second kappa shape index (κ2) is 5.74. The Hall–Kier alpha value is -1.03. The van der Waals surface area contributed by atoms with Gasteiger partial charge < -0.3 is 0 Å². The van der Waals surface area contributed by atoms with Gasteiger partial charge in [0.2, 0.25) is 0 Å². The monoisotopic (exact) mass is 272 g/mol. The zero-order valence-corrected chi connectivity index (χ0v) is 12.3. The van der Waals surface area contributed by atoms with Crippen molar-refractivity contribution in [2.45, 2.75) is 53.0 Å².